The van der Waals surface area contributed by atoms with Crippen molar-refractivity contribution >= 4 is 17.2 Å². The first-order valence-corrected chi connectivity index (χ1v) is 8.31. The smallest absolute Gasteiger partial charge is 0.0902 e. The number of likely N-dealkylation sites (tertiary alicyclic amines) is 1. The first kappa shape index (κ1) is 13.8. The van der Waals surface area contributed by atoms with Crippen LogP contribution >= 0.6 is 12.2 Å². The minimum Gasteiger partial charge on any atom is -0.392 e. The van der Waals surface area contributed by atoms with Crippen LogP contribution in [0.25, 0.3) is 0 Å². The minimum absolute atomic E-state index is 0.249. The highest BCUT2D eigenvalue weighted by atomic mass is 32.1. The van der Waals surface area contributed by atoms with Crippen molar-refractivity contribution in [2.24, 2.45) is 5.73 Å². The third-order valence-electron chi connectivity index (χ3n) is 5.23. The number of ether oxygens (including phenoxy) is 1. The van der Waals surface area contributed by atoms with E-state index in [-0.39, 0.29) is 5.60 Å². The molecule has 1 aliphatic carbocycles. The van der Waals surface area contributed by atoms with Crippen LogP contribution in [-0.2, 0) is 4.74 Å². The summed E-state index contributed by atoms with van der Waals surface area (Å²) in [4.78, 5) is 3.15. The Morgan fingerprint density at radius 1 is 1.16 bits per heavy atom. The molecule has 4 heteroatoms. The van der Waals surface area contributed by atoms with Crippen molar-refractivity contribution in [2.75, 3.05) is 13.1 Å². The fourth-order valence-electron chi connectivity index (χ4n) is 4.20. The molecule has 2 N–H and O–H groups in total. The quantitative estimate of drug-likeness (QED) is 0.808. The second-order valence-electron chi connectivity index (χ2n) is 6.58. The molecule has 19 heavy (non-hydrogen) atoms. The van der Waals surface area contributed by atoms with Crippen molar-refractivity contribution in [3.63, 3.8) is 0 Å². The standard InChI is InChI=1S/C15H26N2OS/c16-14(19)13-5-1-4-10-17(13)11-12-6-9-15(18-12)7-2-3-8-15/h12-13H,1-11H2,(H2,16,19). The van der Waals surface area contributed by atoms with Crippen LogP contribution in [0.5, 0.6) is 0 Å². The highest BCUT2D eigenvalue weighted by molar-refractivity contribution is 7.80. The molecule has 0 aromatic heterocycles. The van der Waals surface area contributed by atoms with Crippen LogP contribution in [0.3, 0.4) is 0 Å². The molecule has 2 heterocycles. The molecule has 3 nitrogen and oxygen atoms in total. The van der Waals surface area contributed by atoms with Gasteiger partial charge in [-0.3, -0.25) is 4.90 Å². The fraction of sp³-hybridized carbons (Fsp3) is 0.933. The molecule has 1 spiro atoms. The number of nitrogens with two attached hydrogens (primary N) is 1. The Kier molecular flexibility index (Phi) is 4.11. The van der Waals surface area contributed by atoms with Gasteiger partial charge in [0.15, 0.2) is 0 Å². The average Bonchev–Trinajstić information content (AvgIpc) is 3.01. The Labute approximate surface area is 121 Å². The van der Waals surface area contributed by atoms with E-state index < -0.39 is 0 Å². The van der Waals surface area contributed by atoms with E-state index in [9.17, 15) is 0 Å². The van der Waals surface area contributed by atoms with Gasteiger partial charge in [0.25, 0.3) is 0 Å². The van der Waals surface area contributed by atoms with Gasteiger partial charge in [-0.25, -0.2) is 0 Å². The molecule has 3 aliphatic rings. The average molecular weight is 282 g/mol. The zero-order valence-electron chi connectivity index (χ0n) is 11.8. The van der Waals surface area contributed by atoms with E-state index in [2.05, 4.69) is 4.90 Å². The van der Waals surface area contributed by atoms with Gasteiger partial charge in [0, 0.05) is 6.54 Å². The zero-order valence-corrected chi connectivity index (χ0v) is 12.6. The maximum atomic E-state index is 6.41. The SMILES string of the molecule is NC(=S)C1CCCCN1CC1CCC2(CCCC2)O1. The van der Waals surface area contributed by atoms with Crippen molar-refractivity contribution < 1.29 is 4.74 Å². The fourth-order valence-corrected chi connectivity index (χ4v) is 4.47. The van der Waals surface area contributed by atoms with Gasteiger partial charge < -0.3 is 10.5 Å². The molecule has 2 atom stereocenters. The van der Waals surface area contributed by atoms with E-state index in [0.717, 1.165) is 19.5 Å². The molecule has 2 saturated heterocycles. The molecule has 3 fully saturated rings. The first-order chi connectivity index (χ1) is 9.19. The molecular weight excluding hydrogens is 256 g/mol. The van der Waals surface area contributed by atoms with Crippen molar-refractivity contribution in [2.45, 2.75) is 75.5 Å². The number of piperidine rings is 1. The maximum absolute atomic E-state index is 6.41. The first-order valence-electron chi connectivity index (χ1n) is 7.90. The van der Waals surface area contributed by atoms with E-state index in [4.69, 9.17) is 22.7 Å². The van der Waals surface area contributed by atoms with Crippen LogP contribution in [0.15, 0.2) is 0 Å². The van der Waals surface area contributed by atoms with Crippen LogP contribution in [-0.4, -0.2) is 40.7 Å². The third kappa shape index (κ3) is 2.96. The third-order valence-corrected chi connectivity index (χ3v) is 5.51. The van der Waals surface area contributed by atoms with Crippen molar-refractivity contribution in [1.82, 2.24) is 4.90 Å². The minimum atomic E-state index is 0.249. The number of thiocarbonyl (C=S) groups is 1. The summed E-state index contributed by atoms with van der Waals surface area (Å²) in [6.45, 7) is 2.17. The number of hydrogen-bond donors (Lipinski definition) is 1. The molecule has 2 unspecified atom stereocenters. The van der Waals surface area contributed by atoms with E-state index in [1.165, 1.54) is 51.4 Å². The Morgan fingerprint density at radius 3 is 2.68 bits per heavy atom. The van der Waals surface area contributed by atoms with Crippen LogP contribution < -0.4 is 5.73 Å². The molecule has 0 amide bonds. The topological polar surface area (TPSA) is 38.5 Å². The highest BCUT2D eigenvalue weighted by Crippen LogP contribution is 2.43. The van der Waals surface area contributed by atoms with E-state index >= 15 is 0 Å². The predicted molar refractivity (Wildman–Crippen MR) is 81.3 cm³/mol. The van der Waals surface area contributed by atoms with Gasteiger partial charge >= 0.3 is 0 Å². The van der Waals surface area contributed by atoms with Gasteiger partial charge in [0.05, 0.1) is 22.7 Å². The second-order valence-corrected chi connectivity index (χ2v) is 7.05. The summed E-state index contributed by atoms with van der Waals surface area (Å²) in [6.07, 6.45) is 11.8. The molecule has 3 rings (SSSR count). The summed E-state index contributed by atoms with van der Waals surface area (Å²) in [5.74, 6) is 0. The lowest BCUT2D eigenvalue weighted by atomic mass is 9.98. The molecule has 1 saturated carbocycles. The summed E-state index contributed by atoms with van der Waals surface area (Å²) >= 11 is 5.23. The molecule has 0 aromatic rings. The lowest BCUT2D eigenvalue weighted by molar-refractivity contribution is -0.0508. The summed E-state index contributed by atoms with van der Waals surface area (Å²) in [5.41, 5.74) is 6.15. The molecule has 108 valence electrons. The number of hydrogen-bond acceptors (Lipinski definition) is 3. The van der Waals surface area contributed by atoms with Gasteiger partial charge in [-0.2, -0.15) is 0 Å². The van der Waals surface area contributed by atoms with Crippen LogP contribution in [0.1, 0.15) is 57.8 Å². The predicted octanol–water partition coefficient (Wildman–Crippen LogP) is 2.62. The van der Waals surface area contributed by atoms with Gasteiger partial charge in [0.1, 0.15) is 0 Å². The largest absolute Gasteiger partial charge is 0.392 e. The van der Waals surface area contributed by atoms with Gasteiger partial charge in [-0.1, -0.05) is 31.5 Å². The lowest BCUT2D eigenvalue weighted by Gasteiger charge is -2.36. The summed E-state index contributed by atoms with van der Waals surface area (Å²) < 4.78 is 6.41. The van der Waals surface area contributed by atoms with Crippen molar-refractivity contribution in [3.8, 4) is 0 Å². The Bertz CT molecular complexity index is 341. The lowest BCUT2D eigenvalue weighted by Crippen LogP contribution is -2.49. The normalized spacial score (nSPS) is 34.9. The van der Waals surface area contributed by atoms with Gasteiger partial charge in [-0.15, -0.1) is 0 Å². The van der Waals surface area contributed by atoms with E-state index in [1.54, 1.807) is 0 Å². The maximum Gasteiger partial charge on any atom is 0.0902 e. The second kappa shape index (κ2) is 5.66. The monoisotopic (exact) mass is 282 g/mol. The van der Waals surface area contributed by atoms with Crippen LogP contribution in [0, 0.1) is 0 Å². The zero-order chi connectivity index (χ0) is 13.3. The Hall–Kier alpha value is -0.190. The van der Waals surface area contributed by atoms with Crippen molar-refractivity contribution in [3.05, 3.63) is 0 Å². The Morgan fingerprint density at radius 2 is 1.95 bits per heavy atom. The van der Waals surface area contributed by atoms with Crippen molar-refractivity contribution in [1.29, 1.82) is 0 Å². The summed E-state index contributed by atoms with van der Waals surface area (Å²) in [5, 5.41) is 0. The molecule has 0 radical (unpaired) electrons. The van der Waals surface area contributed by atoms with Gasteiger partial charge in [-0.05, 0) is 45.1 Å². The molecule has 0 aromatic carbocycles. The van der Waals surface area contributed by atoms with E-state index in [0.29, 0.717) is 17.1 Å². The summed E-state index contributed by atoms with van der Waals surface area (Å²) in [7, 11) is 0. The highest BCUT2D eigenvalue weighted by Gasteiger charge is 2.43. The molecule has 2 aliphatic heterocycles. The molecule has 0 bridgehead atoms. The number of nitrogens with zero attached hydrogens (tertiary/aromatic N) is 1. The molecular formula is C15H26N2OS. The van der Waals surface area contributed by atoms with Gasteiger partial charge in [0.2, 0.25) is 0 Å². The summed E-state index contributed by atoms with van der Waals surface area (Å²) in [6, 6.07) is 0.312. The van der Waals surface area contributed by atoms with Crippen LogP contribution in [0.4, 0.5) is 0 Å². The Balaban J connectivity index is 1.57. The van der Waals surface area contributed by atoms with E-state index in [1.807, 2.05) is 0 Å². The number of rotatable bonds is 3. The van der Waals surface area contributed by atoms with Crippen LogP contribution in [0.2, 0.25) is 0 Å².